The molecule has 5 heteroatoms. The fraction of sp³-hybridized carbons (Fsp3) is 0.769. The molecule has 2 fully saturated rings. The van der Waals surface area contributed by atoms with Gasteiger partial charge in [0.05, 0.1) is 13.0 Å². The lowest BCUT2D eigenvalue weighted by Gasteiger charge is -2.32. The maximum absolute atomic E-state index is 12.2. The van der Waals surface area contributed by atoms with Crippen LogP contribution in [0.4, 0.5) is 0 Å². The molecule has 100 valence electrons. The predicted molar refractivity (Wildman–Crippen MR) is 68.4 cm³/mol. The standard InChI is InChI=1S/C13H17BrO4/c1-2-18-11(17)7-12(5-6-12)13(8-14)9(15)3-4-10(13)16/h2-8H2,1H3. The number of alkyl halides is 1. The first-order chi connectivity index (χ1) is 8.52. The van der Waals surface area contributed by atoms with E-state index in [0.29, 0.717) is 24.8 Å². The summed E-state index contributed by atoms with van der Waals surface area (Å²) >= 11 is 3.33. The van der Waals surface area contributed by atoms with Gasteiger partial charge >= 0.3 is 5.97 Å². The highest BCUT2D eigenvalue weighted by atomic mass is 79.9. The van der Waals surface area contributed by atoms with Crippen LogP contribution in [0.3, 0.4) is 0 Å². The summed E-state index contributed by atoms with van der Waals surface area (Å²) in [6, 6.07) is 0. The van der Waals surface area contributed by atoms with Gasteiger partial charge in [-0.25, -0.2) is 0 Å². The number of esters is 1. The van der Waals surface area contributed by atoms with Crippen LogP contribution in [0.5, 0.6) is 0 Å². The highest BCUT2D eigenvalue weighted by Crippen LogP contribution is 2.64. The van der Waals surface area contributed by atoms with Crippen molar-refractivity contribution < 1.29 is 19.1 Å². The Hall–Kier alpha value is -0.710. The Morgan fingerprint density at radius 1 is 1.28 bits per heavy atom. The maximum atomic E-state index is 12.2. The van der Waals surface area contributed by atoms with Crippen molar-refractivity contribution in [2.45, 2.75) is 39.0 Å². The molecule has 0 radical (unpaired) electrons. The summed E-state index contributed by atoms with van der Waals surface area (Å²) in [5, 5.41) is 0.330. The van der Waals surface area contributed by atoms with Gasteiger partial charge in [0.25, 0.3) is 0 Å². The number of halogens is 1. The molecular formula is C13H17BrO4. The average molecular weight is 317 g/mol. The lowest BCUT2D eigenvalue weighted by molar-refractivity contribution is -0.148. The van der Waals surface area contributed by atoms with Crippen molar-refractivity contribution in [1.82, 2.24) is 0 Å². The minimum atomic E-state index is -0.972. The number of ketones is 2. The fourth-order valence-corrected chi connectivity index (χ4v) is 4.31. The quantitative estimate of drug-likeness (QED) is 0.442. The van der Waals surface area contributed by atoms with Gasteiger partial charge < -0.3 is 4.74 Å². The predicted octanol–water partition coefficient (Wildman–Crippen LogP) is 2.03. The summed E-state index contributed by atoms with van der Waals surface area (Å²) in [7, 11) is 0. The summed E-state index contributed by atoms with van der Waals surface area (Å²) in [5.74, 6) is -0.319. The van der Waals surface area contributed by atoms with Crippen LogP contribution in [0.25, 0.3) is 0 Å². The smallest absolute Gasteiger partial charge is 0.306 e. The van der Waals surface area contributed by atoms with Crippen LogP contribution in [-0.4, -0.2) is 29.5 Å². The molecule has 0 atom stereocenters. The molecule has 2 aliphatic carbocycles. The van der Waals surface area contributed by atoms with Crippen LogP contribution in [0.1, 0.15) is 39.0 Å². The molecule has 0 N–H and O–H groups in total. The van der Waals surface area contributed by atoms with Gasteiger partial charge in [-0.15, -0.1) is 0 Å². The van der Waals surface area contributed by atoms with Gasteiger partial charge in [0.2, 0.25) is 0 Å². The Bertz CT molecular complexity index is 382. The van der Waals surface area contributed by atoms with Crippen molar-refractivity contribution in [2.75, 3.05) is 11.9 Å². The molecule has 0 saturated heterocycles. The Kier molecular flexibility index (Phi) is 3.63. The zero-order chi connectivity index (χ0) is 13.4. The van der Waals surface area contributed by atoms with Gasteiger partial charge in [-0.2, -0.15) is 0 Å². The minimum absolute atomic E-state index is 0.00817. The topological polar surface area (TPSA) is 60.4 Å². The second-order valence-electron chi connectivity index (χ2n) is 5.15. The molecular weight excluding hydrogens is 300 g/mol. The molecule has 0 aromatic carbocycles. The number of hydrogen-bond donors (Lipinski definition) is 0. The summed E-state index contributed by atoms with van der Waals surface area (Å²) in [5.41, 5.74) is -1.45. The highest BCUT2D eigenvalue weighted by molar-refractivity contribution is 9.09. The third-order valence-electron chi connectivity index (χ3n) is 4.28. The number of hydrogen-bond acceptors (Lipinski definition) is 4. The first-order valence-corrected chi connectivity index (χ1v) is 7.43. The second-order valence-corrected chi connectivity index (χ2v) is 5.71. The number of Topliss-reactive ketones (excluding diaryl/α,β-unsaturated/α-hetero) is 2. The molecule has 2 aliphatic rings. The summed E-state index contributed by atoms with van der Waals surface area (Å²) < 4.78 is 4.96. The lowest BCUT2D eigenvalue weighted by Crippen LogP contribution is -2.45. The summed E-state index contributed by atoms with van der Waals surface area (Å²) in [6.07, 6.45) is 2.33. The molecule has 0 amide bonds. The van der Waals surface area contributed by atoms with Gasteiger partial charge in [-0.3, -0.25) is 14.4 Å². The van der Waals surface area contributed by atoms with E-state index in [4.69, 9.17) is 4.74 Å². The van der Waals surface area contributed by atoms with Crippen LogP contribution < -0.4 is 0 Å². The van der Waals surface area contributed by atoms with Crippen molar-refractivity contribution in [3.63, 3.8) is 0 Å². The van der Waals surface area contributed by atoms with Crippen molar-refractivity contribution in [1.29, 1.82) is 0 Å². The molecule has 0 aliphatic heterocycles. The van der Waals surface area contributed by atoms with E-state index in [-0.39, 0.29) is 24.0 Å². The molecule has 0 aromatic heterocycles. The third kappa shape index (κ3) is 1.83. The Morgan fingerprint density at radius 3 is 2.22 bits per heavy atom. The fourth-order valence-electron chi connectivity index (χ4n) is 3.09. The Morgan fingerprint density at radius 2 is 1.83 bits per heavy atom. The Balaban J connectivity index is 2.25. The zero-order valence-corrected chi connectivity index (χ0v) is 12.0. The van der Waals surface area contributed by atoms with Crippen LogP contribution in [0, 0.1) is 10.8 Å². The number of carbonyl (C=O) groups is 3. The average Bonchev–Trinajstić information content (AvgIpc) is 3.02. The molecule has 18 heavy (non-hydrogen) atoms. The molecule has 4 nitrogen and oxygen atoms in total. The van der Waals surface area contributed by atoms with Gasteiger partial charge in [0.15, 0.2) is 0 Å². The highest BCUT2D eigenvalue weighted by Gasteiger charge is 2.68. The molecule has 0 unspecified atom stereocenters. The second kappa shape index (κ2) is 4.76. The largest absolute Gasteiger partial charge is 0.466 e. The monoisotopic (exact) mass is 316 g/mol. The van der Waals surface area contributed by atoms with Gasteiger partial charge in [0.1, 0.15) is 17.0 Å². The van der Waals surface area contributed by atoms with Crippen LogP contribution in [0.15, 0.2) is 0 Å². The molecule has 0 heterocycles. The molecule has 0 aromatic rings. The van der Waals surface area contributed by atoms with Crippen molar-refractivity contribution in [2.24, 2.45) is 10.8 Å². The van der Waals surface area contributed by atoms with Crippen molar-refractivity contribution in [3.05, 3.63) is 0 Å². The van der Waals surface area contributed by atoms with E-state index >= 15 is 0 Å². The normalized spacial score (nSPS) is 24.1. The lowest BCUT2D eigenvalue weighted by atomic mass is 9.69. The summed E-state index contributed by atoms with van der Waals surface area (Å²) in [4.78, 5) is 36.0. The zero-order valence-electron chi connectivity index (χ0n) is 10.5. The molecule has 0 bridgehead atoms. The minimum Gasteiger partial charge on any atom is -0.466 e. The van der Waals surface area contributed by atoms with Crippen molar-refractivity contribution in [3.8, 4) is 0 Å². The van der Waals surface area contributed by atoms with Gasteiger partial charge in [-0.1, -0.05) is 15.9 Å². The number of carbonyl (C=O) groups excluding carboxylic acids is 3. The van der Waals surface area contributed by atoms with E-state index in [1.165, 1.54) is 0 Å². The number of rotatable bonds is 5. The maximum Gasteiger partial charge on any atom is 0.306 e. The SMILES string of the molecule is CCOC(=O)CC1(C2(CBr)C(=O)CCC2=O)CC1. The van der Waals surface area contributed by atoms with E-state index < -0.39 is 10.8 Å². The first-order valence-electron chi connectivity index (χ1n) is 6.30. The van der Waals surface area contributed by atoms with Gasteiger partial charge in [-0.05, 0) is 19.8 Å². The van der Waals surface area contributed by atoms with E-state index in [2.05, 4.69) is 15.9 Å². The number of ether oxygens (including phenoxy) is 1. The van der Waals surface area contributed by atoms with E-state index in [1.807, 2.05) is 0 Å². The Labute approximate surface area is 115 Å². The van der Waals surface area contributed by atoms with Crippen LogP contribution in [0.2, 0.25) is 0 Å². The molecule has 0 spiro atoms. The van der Waals surface area contributed by atoms with E-state index in [9.17, 15) is 14.4 Å². The van der Waals surface area contributed by atoms with Crippen LogP contribution >= 0.6 is 15.9 Å². The van der Waals surface area contributed by atoms with Gasteiger partial charge in [0, 0.05) is 23.6 Å². The van der Waals surface area contributed by atoms with E-state index in [1.54, 1.807) is 6.92 Å². The molecule has 2 rings (SSSR count). The van der Waals surface area contributed by atoms with Crippen molar-refractivity contribution >= 4 is 33.5 Å². The van der Waals surface area contributed by atoms with E-state index in [0.717, 1.165) is 12.8 Å². The summed E-state index contributed by atoms with van der Waals surface area (Å²) in [6.45, 7) is 2.09. The third-order valence-corrected chi connectivity index (χ3v) is 5.12. The first kappa shape index (κ1) is 13.7. The van der Waals surface area contributed by atoms with Crippen LogP contribution in [-0.2, 0) is 19.1 Å². The molecule has 2 saturated carbocycles.